The molecule has 1 heterocycles. The van der Waals surface area contributed by atoms with Crippen LogP contribution in [0.1, 0.15) is 10.4 Å². The monoisotopic (exact) mass is 442 g/mol. The molecule has 0 aliphatic carbocycles. The number of ether oxygens (including phenoxy) is 2. The molecule has 152 valence electrons. The molecule has 0 saturated heterocycles. The van der Waals surface area contributed by atoms with Gasteiger partial charge in [-0.25, -0.2) is 4.98 Å². The highest BCUT2D eigenvalue weighted by molar-refractivity contribution is 6.32. The lowest BCUT2D eigenvalue weighted by molar-refractivity contribution is 0.102. The molecule has 1 aromatic heterocycles. The molecule has 0 bridgehead atoms. The highest BCUT2D eigenvalue weighted by atomic mass is 35.5. The van der Waals surface area contributed by atoms with Gasteiger partial charge in [-0.1, -0.05) is 23.2 Å². The van der Waals surface area contributed by atoms with Crippen molar-refractivity contribution in [1.82, 2.24) is 4.98 Å². The third-order valence-electron chi connectivity index (χ3n) is 4.46. The van der Waals surface area contributed by atoms with Crippen LogP contribution in [0.2, 0.25) is 10.0 Å². The number of nitrogens with zero attached hydrogens (tertiary/aromatic N) is 1. The molecule has 0 radical (unpaired) electrons. The molecule has 3 aromatic carbocycles. The van der Waals surface area contributed by atoms with Crippen LogP contribution >= 0.6 is 23.2 Å². The number of methoxy groups -OCH3 is 2. The van der Waals surface area contributed by atoms with E-state index >= 15 is 0 Å². The summed E-state index contributed by atoms with van der Waals surface area (Å²) in [5.41, 5.74) is 2.90. The van der Waals surface area contributed by atoms with Crippen molar-refractivity contribution in [3.05, 3.63) is 70.2 Å². The number of hydrogen-bond acceptors (Lipinski definition) is 5. The molecule has 1 N–H and O–H groups in total. The first kappa shape index (κ1) is 20.1. The Kier molecular flexibility index (Phi) is 5.53. The number of carbonyl (C=O) groups excluding carboxylic acids is 1. The summed E-state index contributed by atoms with van der Waals surface area (Å²) in [5.74, 6) is 1.12. The average molecular weight is 443 g/mol. The van der Waals surface area contributed by atoms with Gasteiger partial charge in [-0.05, 0) is 54.6 Å². The minimum atomic E-state index is -0.296. The van der Waals surface area contributed by atoms with Gasteiger partial charge in [0.2, 0.25) is 5.89 Å². The Balaban J connectivity index is 1.59. The summed E-state index contributed by atoms with van der Waals surface area (Å²) in [6, 6.07) is 15.3. The van der Waals surface area contributed by atoms with Crippen LogP contribution in [0.15, 0.2) is 59.0 Å². The van der Waals surface area contributed by atoms with Crippen molar-refractivity contribution in [2.45, 2.75) is 0 Å². The average Bonchev–Trinajstić information content (AvgIpc) is 3.17. The van der Waals surface area contributed by atoms with Gasteiger partial charge < -0.3 is 19.2 Å². The first-order valence-electron chi connectivity index (χ1n) is 8.88. The van der Waals surface area contributed by atoms with E-state index in [0.29, 0.717) is 49.8 Å². The Bertz CT molecular complexity index is 1250. The number of oxazole rings is 1. The Morgan fingerprint density at radius 2 is 1.73 bits per heavy atom. The summed E-state index contributed by atoms with van der Waals surface area (Å²) < 4.78 is 16.1. The van der Waals surface area contributed by atoms with Crippen molar-refractivity contribution in [2.24, 2.45) is 0 Å². The Morgan fingerprint density at radius 1 is 0.933 bits per heavy atom. The smallest absolute Gasteiger partial charge is 0.255 e. The fourth-order valence-corrected chi connectivity index (χ4v) is 3.38. The molecular formula is C22H16Cl2N2O4. The maximum Gasteiger partial charge on any atom is 0.255 e. The number of nitrogens with one attached hydrogen (secondary N) is 1. The van der Waals surface area contributed by atoms with Gasteiger partial charge in [0.05, 0.1) is 24.3 Å². The van der Waals surface area contributed by atoms with E-state index in [0.717, 1.165) is 5.56 Å². The first-order valence-corrected chi connectivity index (χ1v) is 9.63. The molecule has 0 unspecified atom stereocenters. The van der Waals surface area contributed by atoms with Crippen LogP contribution in [0.5, 0.6) is 11.5 Å². The first-order chi connectivity index (χ1) is 14.5. The predicted molar refractivity (Wildman–Crippen MR) is 117 cm³/mol. The molecule has 0 aliphatic heterocycles. The molecule has 0 spiro atoms. The van der Waals surface area contributed by atoms with E-state index in [1.165, 1.54) is 7.11 Å². The summed E-state index contributed by atoms with van der Waals surface area (Å²) in [6.07, 6.45) is 0. The lowest BCUT2D eigenvalue weighted by atomic mass is 10.2. The minimum Gasteiger partial charge on any atom is -0.495 e. The summed E-state index contributed by atoms with van der Waals surface area (Å²) in [5, 5.41) is 3.73. The second-order valence-corrected chi connectivity index (χ2v) is 7.17. The number of aromatic nitrogens is 1. The van der Waals surface area contributed by atoms with E-state index in [-0.39, 0.29) is 5.91 Å². The molecule has 30 heavy (non-hydrogen) atoms. The number of fused-ring (bicyclic) bond motifs is 1. The third kappa shape index (κ3) is 3.92. The molecule has 8 heteroatoms. The molecule has 6 nitrogen and oxygen atoms in total. The quantitative estimate of drug-likeness (QED) is 0.405. The largest absolute Gasteiger partial charge is 0.495 e. The fraction of sp³-hybridized carbons (Fsp3) is 0.0909. The van der Waals surface area contributed by atoms with Crippen molar-refractivity contribution in [2.75, 3.05) is 19.5 Å². The molecule has 0 aliphatic rings. The van der Waals surface area contributed by atoms with E-state index in [9.17, 15) is 4.79 Å². The number of hydrogen-bond donors (Lipinski definition) is 1. The van der Waals surface area contributed by atoms with Gasteiger partial charge in [0.15, 0.2) is 5.58 Å². The maximum atomic E-state index is 12.6. The summed E-state index contributed by atoms with van der Waals surface area (Å²) in [7, 11) is 3.05. The zero-order valence-electron chi connectivity index (χ0n) is 16.0. The van der Waals surface area contributed by atoms with E-state index in [1.54, 1.807) is 55.6 Å². The molecule has 4 rings (SSSR count). The van der Waals surface area contributed by atoms with Crippen LogP contribution in [0, 0.1) is 0 Å². The van der Waals surface area contributed by atoms with Crippen molar-refractivity contribution < 1.29 is 18.7 Å². The molecule has 4 aromatic rings. The Labute approximate surface area is 182 Å². The van der Waals surface area contributed by atoms with Crippen LogP contribution in [0.4, 0.5) is 5.69 Å². The number of halogens is 2. The van der Waals surface area contributed by atoms with Crippen molar-refractivity contribution in [3.63, 3.8) is 0 Å². The van der Waals surface area contributed by atoms with Gasteiger partial charge in [-0.15, -0.1) is 0 Å². The Hall–Kier alpha value is -3.22. The SMILES string of the molecule is COc1ccc(-c2nc3cc(NC(=O)c4ccc(Cl)c(OC)c4)ccc3o2)cc1Cl. The van der Waals surface area contributed by atoms with E-state index in [4.69, 9.17) is 37.1 Å². The minimum absolute atomic E-state index is 0.296. The normalized spacial score (nSPS) is 10.8. The second-order valence-electron chi connectivity index (χ2n) is 6.35. The molecular weight excluding hydrogens is 427 g/mol. The van der Waals surface area contributed by atoms with Gasteiger partial charge >= 0.3 is 0 Å². The number of carbonyl (C=O) groups is 1. The predicted octanol–water partition coefficient (Wildman–Crippen LogP) is 6.07. The van der Waals surface area contributed by atoms with Crippen LogP contribution in [0.25, 0.3) is 22.6 Å². The van der Waals surface area contributed by atoms with Gasteiger partial charge in [0, 0.05) is 16.8 Å². The molecule has 0 fully saturated rings. The van der Waals surface area contributed by atoms with Crippen molar-refractivity contribution in [1.29, 1.82) is 0 Å². The number of amides is 1. The van der Waals surface area contributed by atoms with Crippen molar-refractivity contribution >= 4 is 45.9 Å². The van der Waals surface area contributed by atoms with Gasteiger partial charge in [-0.3, -0.25) is 4.79 Å². The zero-order valence-corrected chi connectivity index (χ0v) is 17.5. The maximum absolute atomic E-state index is 12.6. The van der Waals surface area contributed by atoms with Crippen LogP contribution in [0.3, 0.4) is 0 Å². The van der Waals surface area contributed by atoms with Crippen molar-refractivity contribution in [3.8, 4) is 23.0 Å². The van der Waals surface area contributed by atoms with E-state index < -0.39 is 0 Å². The molecule has 1 amide bonds. The topological polar surface area (TPSA) is 73.6 Å². The van der Waals surface area contributed by atoms with E-state index in [2.05, 4.69) is 10.3 Å². The van der Waals surface area contributed by atoms with Gasteiger partial charge in [0.1, 0.15) is 17.0 Å². The van der Waals surface area contributed by atoms with Gasteiger partial charge in [0.25, 0.3) is 5.91 Å². The molecule has 0 saturated carbocycles. The standard InChI is InChI=1S/C22H16Cl2N2O4/c1-28-18-7-4-13(9-16(18)24)22-26-17-11-14(5-8-19(17)30-22)25-21(27)12-3-6-15(23)20(10-12)29-2/h3-11H,1-2H3,(H,25,27). The number of benzene rings is 3. The third-order valence-corrected chi connectivity index (χ3v) is 5.07. The van der Waals surface area contributed by atoms with Crippen LogP contribution in [-0.4, -0.2) is 25.1 Å². The van der Waals surface area contributed by atoms with E-state index in [1.807, 2.05) is 6.07 Å². The van der Waals surface area contributed by atoms with Crippen LogP contribution in [-0.2, 0) is 0 Å². The summed E-state index contributed by atoms with van der Waals surface area (Å²) >= 11 is 12.2. The highest BCUT2D eigenvalue weighted by Crippen LogP contribution is 2.32. The molecule has 0 atom stereocenters. The number of anilines is 1. The summed E-state index contributed by atoms with van der Waals surface area (Å²) in [4.78, 5) is 17.1. The number of rotatable bonds is 5. The van der Waals surface area contributed by atoms with Gasteiger partial charge in [-0.2, -0.15) is 0 Å². The highest BCUT2D eigenvalue weighted by Gasteiger charge is 2.13. The fourth-order valence-electron chi connectivity index (χ4n) is 2.93. The summed E-state index contributed by atoms with van der Waals surface area (Å²) in [6.45, 7) is 0. The zero-order chi connectivity index (χ0) is 21.3. The van der Waals surface area contributed by atoms with Crippen LogP contribution < -0.4 is 14.8 Å². The second kappa shape index (κ2) is 8.26. The lowest BCUT2D eigenvalue weighted by Crippen LogP contribution is -2.11. The lowest BCUT2D eigenvalue weighted by Gasteiger charge is -2.07. The Morgan fingerprint density at radius 3 is 2.47 bits per heavy atom.